The topological polar surface area (TPSA) is 80.9 Å². The van der Waals surface area contributed by atoms with Gasteiger partial charge in [-0.3, -0.25) is 9.78 Å². The number of carbonyl (C=O) groups is 1. The van der Waals surface area contributed by atoms with Crippen molar-refractivity contribution in [2.75, 3.05) is 0 Å². The summed E-state index contributed by atoms with van der Waals surface area (Å²) < 4.78 is 5.28. The number of hydrogen-bond acceptors (Lipinski definition) is 5. The Morgan fingerprint density at radius 2 is 1.87 bits per heavy atom. The van der Waals surface area contributed by atoms with E-state index in [1.807, 2.05) is 12.1 Å². The summed E-state index contributed by atoms with van der Waals surface area (Å²) in [6.45, 7) is 10.8. The number of hydrogen-bond donors (Lipinski definition) is 1. The molecule has 1 N–H and O–H groups in total. The lowest BCUT2D eigenvalue weighted by molar-refractivity contribution is -0.122. The van der Waals surface area contributed by atoms with E-state index >= 15 is 0 Å². The van der Waals surface area contributed by atoms with E-state index in [9.17, 15) is 4.79 Å². The van der Waals surface area contributed by atoms with E-state index in [0.29, 0.717) is 18.1 Å². The molecule has 30 heavy (non-hydrogen) atoms. The van der Waals surface area contributed by atoms with Crippen LogP contribution >= 0.6 is 0 Å². The van der Waals surface area contributed by atoms with Gasteiger partial charge in [0.2, 0.25) is 17.6 Å². The van der Waals surface area contributed by atoms with Crippen molar-refractivity contribution in [3.63, 3.8) is 0 Å². The highest BCUT2D eigenvalue weighted by Crippen LogP contribution is 2.27. The fourth-order valence-corrected chi connectivity index (χ4v) is 3.26. The first-order chi connectivity index (χ1) is 14.2. The predicted octanol–water partition coefficient (Wildman–Crippen LogP) is 4.88. The molecule has 1 unspecified atom stereocenters. The van der Waals surface area contributed by atoms with Gasteiger partial charge < -0.3 is 9.84 Å². The molecular formula is C24H30N4O2. The van der Waals surface area contributed by atoms with Crippen LogP contribution < -0.4 is 5.32 Å². The summed E-state index contributed by atoms with van der Waals surface area (Å²) in [4.78, 5) is 21.0. The van der Waals surface area contributed by atoms with Crippen molar-refractivity contribution in [3.8, 4) is 11.4 Å². The van der Waals surface area contributed by atoms with Crippen molar-refractivity contribution in [2.24, 2.45) is 5.92 Å². The largest absolute Gasteiger partial charge is 0.349 e. The van der Waals surface area contributed by atoms with Crippen LogP contribution in [0.5, 0.6) is 0 Å². The van der Waals surface area contributed by atoms with E-state index in [1.54, 1.807) is 12.4 Å². The highest BCUT2D eigenvalue weighted by atomic mass is 16.5. The van der Waals surface area contributed by atoms with E-state index in [2.05, 4.69) is 79.3 Å². The molecule has 0 aliphatic heterocycles. The number of nitrogens with zero attached hydrogens (tertiary/aromatic N) is 3. The van der Waals surface area contributed by atoms with Crippen molar-refractivity contribution in [1.29, 1.82) is 0 Å². The Morgan fingerprint density at radius 3 is 2.47 bits per heavy atom. The first kappa shape index (κ1) is 21.7. The van der Waals surface area contributed by atoms with Crippen molar-refractivity contribution in [1.82, 2.24) is 20.4 Å². The maximum atomic E-state index is 12.6. The van der Waals surface area contributed by atoms with Crippen LogP contribution in [0.1, 0.15) is 64.1 Å². The Labute approximate surface area is 178 Å². The van der Waals surface area contributed by atoms with Crippen LogP contribution in [0.15, 0.2) is 53.3 Å². The van der Waals surface area contributed by atoms with Gasteiger partial charge in [-0.15, -0.1) is 0 Å². The Morgan fingerprint density at radius 1 is 1.13 bits per heavy atom. The zero-order chi connectivity index (χ0) is 21.7. The van der Waals surface area contributed by atoms with Gasteiger partial charge in [-0.05, 0) is 34.6 Å². The van der Waals surface area contributed by atoms with Gasteiger partial charge in [-0.1, -0.05) is 64.0 Å². The number of carbonyl (C=O) groups excluding carboxylic acids is 1. The third-order valence-corrected chi connectivity index (χ3v) is 5.07. The molecule has 1 amide bonds. The lowest BCUT2D eigenvalue weighted by Gasteiger charge is -2.25. The molecule has 0 aliphatic carbocycles. The van der Waals surface area contributed by atoms with Crippen LogP contribution in [0.25, 0.3) is 11.4 Å². The van der Waals surface area contributed by atoms with Crippen LogP contribution in [0.3, 0.4) is 0 Å². The zero-order valence-electron chi connectivity index (χ0n) is 18.3. The van der Waals surface area contributed by atoms with Gasteiger partial charge in [0.15, 0.2) is 0 Å². The van der Waals surface area contributed by atoms with Crippen molar-refractivity contribution < 1.29 is 9.32 Å². The molecule has 158 valence electrons. The first-order valence-corrected chi connectivity index (χ1v) is 10.4. The Hall–Kier alpha value is -3.02. The summed E-state index contributed by atoms with van der Waals surface area (Å²) in [7, 11) is 0. The molecule has 6 heteroatoms. The number of pyridine rings is 1. The SMILES string of the molecule is CC(C)C(NC(=O)CCc1nc(-c2cccnc2)no1)c1ccc(C(C)(C)C)cc1. The van der Waals surface area contributed by atoms with Gasteiger partial charge in [0, 0.05) is 30.8 Å². The van der Waals surface area contributed by atoms with E-state index < -0.39 is 0 Å². The minimum Gasteiger partial charge on any atom is -0.349 e. The molecular weight excluding hydrogens is 376 g/mol. The molecule has 0 saturated carbocycles. The molecule has 0 saturated heterocycles. The standard InChI is InChI=1S/C24H30N4O2/c1-16(2)22(17-8-10-19(11-9-17)24(3,4)5)26-20(29)12-13-21-27-23(28-30-21)18-7-6-14-25-15-18/h6-11,14-16,22H,12-13H2,1-5H3,(H,26,29). The van der Waals surface area contributed by atoms with Crippen molar-refractivity contribution >= 4 is 5.91 Å². The summed E-state index contributed by atoms with van der Waals surface area (Å²) in [6, 6.07) is 12.2. The predicted molar refractivity (Wildman–Crippen MR) is 117 cm³/mol. The minimum atomic E-state index is -0.0415. The number of benzene rings is 1. The van der Waals surface area contributed by atoms with Crippen LogP contribution in [0, 0.1) is 5.92 Å². The van der Waals surface area contributed by atoms with Gasteiger partial charge in [0.25, 0.3) is 0 Å². The van der Waals surface area contributed by atoms with Gasteiger partial charge in [-0.25, -0.2) is 0 Å². The quantitative estimate of drug-likeness (QED) is 0.605. The van der Waals surface area contributed by atoms with E-state index in [-0.39, 0.29) is 29.7 Å². The number of amides is 1. The molecule has 3 rings (SSSR count). The molecule has 0 spiro atoms. The summed E-state index contributed by atoms with van der Waals surface area (Å²) in [5, 5.41) is 7.13. The minimum absolute atomic E-state index is 0.0327. The zero-order valence-corrected chi connectivity index (χ0v) is 18.3. The first-order valence-electron chi connectivity index (χ1n) is 10.4. The maximum absolute atomic E-state index is 12.6. The van der Waals surface area contributed by atoms with Crippen LogP contribution in [-0.4, -0.2) is 21.0 Å². The summed E-state index contributed by atoms with van der Waals surface area (Å²) >= 11 is 0. The highest BCUT2D eigenvalue weighted by molar-refractivity contribution is 5.76. The lowest BCUT2D eigenvalue weighted by Crippen LogP contribution is -2.32. The normalized spacial score (nSPS) is 12.7. The van der Waals surface area contributed by atoms with Crippen LogP contribution in [0.4, 0.5) is 0 Å². The second-order valence-corrected chi connectivity index (χ2v) is 8.91. The summed E-state index contributed by atoms with van der Waals surface area (Å²) in [5.41, 5.74) is 3.29. The average Bonchev–Trinajstić information content (AvgIpc) is 3.19. The molecule has 2 heterocycles. The monoisotopic (exact) mass is 406 g/mol. The average molecular weight is 407 g/mol. The molecule has 0 fully saturated rings. The Balaban J connectivity index is 1.60. The van der Waals surface area contributed by atoms with Crippen LogP contribution in [0.2, 0.25) is 0 Å². The number of aromatic nitrogens is 3. The maximum Gasteiger partial charge on any atom is 0.227 e. The van der Waals surface area contributed by atoms with E-state index in [0.717, 1.165) is 11.1 Å². The fourth-order valence-electron chi connectivity index (χ4n) is 3.26. The second-order valence-electron chi connectivity index (χ2n) is 8.91. The van der Waals surface area contributed by atoms with Crippen LogP contribution in [-0.2, 0) is 16.6 Å². The van der Waals surface area contributed by atoms with Gasteiger partial charge in [0.05, 0.1) is 6.04 Å². The summed E-state index contributed by atoms with van der Waals surface area (Å²) in [6.07, 6.45) is 4.06. The molecule has 0 aliphatic rings. The van der Waals surface area contributed by atoms with Gasteiger partial charge in [-0.2, -0.15) is 4.98 Å². The van der Waals surface area contributed by atoms with Crippen molar-refractivity contribution in [2.45, 2.75) is 58.9 Å². The second kappa shape index (κ2) is 9.20. The molecule has 6 nitrogen and oxygen atoms in total. The number of rotatable bonds is 7. The molecule has 1 atom stereocenters. The number of aryl methyl sites for hydroxylation is 1. The third-order valence-electron chi connectivity index (χ3n) is 5.07. The Bertz CT molecular complexity index is 957. The van der Waals surface area contributed by atoms with E-state index in [1.165, 1.54) is 5.56 Å². The number of nitrogens with one attached hydrogen (secondary N) is 1. The molecule has 2 aromatic heterocycles. The molecule has 3 aromatic rings. The van der Waals surface area contributed by atoms with Gasteiger partial charge >= 0.3 is 0 Å². The van der Waals surface area contributed by atoms with Crippen molar-refractivity contribution in [3.05, 3.63) is 65.8 Å². The summed E-state index contributed by atoms with van der Waals surface area (Å²) in [5.74, 6) is 1.17. The highest BCUT2D eigenvalue weighted by Gasteiger charge is 2.20. The smallest absolute Gasteiger partial charge is 0.227 e. The lowest BCUT2D eigenvalue weighted by atomic mass is 9.85. The molecule has 0 radical (unpaired) electrons. The third kappa shape index (κ3) is 5.53. The van der Waals surface area contributed by atoms with E-state index in [4.69, 9.17) is 4.52 Å². The fraction of sp³-hybridized carbons (Fsp3) is 0.417. The Kier molecular flexibility index (Phi) is 6.65. The molecule has 0 bridgehead atoms. The molecule has 1 aromatic carbocycles. The van der Waals surface area contributed by atoms with Gasteiger partial charge in [0.1, 0.15) is 0 Å².